The van der Waals surface area contributed by atoms with Crippen molar-refractivity contribution in [2.24, 2.45) is 5.92 Å². The topological polar surface area (TPSA) is 89.8 Å². The summed E-state index contributed by atoms with van der Waals surface area (Å²) >= 11 is 1.30. The molecule has 3 heterocycles. The van der Waals surface area contributed by atoms with Crippen LogP contribution in [-0.4, -0.2) is 74.1 Å². The molecule has 1 saturated carbocycles. The molecule has 0 amide bonds. The summed E-state index contributed by atoms with van der Waals surface area (Å²) in [5.41, 5.74) is 5.08. The molecular formula is C38H46F2N4O4SSi. The number of benzene rings is 2. The van der Waals surface area contributed by atoms with Crippen LogP contribution in [-0.2, 0) is 4.74 Å². The molecular weight excluding hydrogens is 675 g/mol. The lowest BCUT2D eigenvalue weighted by molar-refractivity contribution is 0.0512. The lowest BCUT2D eigenvalue weighted by atomic mass is 9.95. The number of piperidine rings is 1. The minimum atomic E-state index is -2.27. The molecule has 2 aromatic carbocycles. The Hall–Kier alpha value is -3.50. The van der Waals surface area contributed by atoms with Crippen LogP contribution >= 0.6 is 11.8 Å². The average molecular weight is 721 g/mol. The lowest BCUT2D eigenvalue weighted by Gasteiger charge is -2.38. The Labute approximate surface area is 298 Å². The fourth-order valence-corrected chi connectivity index (χ4v) is 14.1. The van der Waals surface area contributed by atoms with Crippen LogP contribution in [0.1, 0.15) is 59.9 Å². The molecule has 1 saturated heterocycles. The highest BCUT2D eigenvalue weighted by atomic mass is 32.2. The number of ether oxygens (including phenoxy) is 3. The van der Waals surface area contributed by atoms with Gasteiger partial charge in [0.1, 0.15) is 42.1 Å². The normalized spacial score (nSPS) is 18.9. The third-order valence-electron chi connectivity index (χ3n) is 10.7. The van der Waals surface area contributed by atoms with Gasteiger partial charge in [0.15, 0.2) is 17.8 Å². The number of aliphatic hydroxyl groups excluding tert-OH is 1. The second-order valence-electron chi connectivity index (χ2n) is 14.4. The van der Waals surface area contributed by atoms with Crippen molar-refractivity contribution in [2.45, 2.75) is 88.3 Å². The Morgan fingerprint density at radius 2 is 1.72 bits per heavy atom. The Kier molecular flexibility index (Phi) is 10.3. The maximum atomic E-state index is 17.3. The van der Waals surface area contributed by atoms with E-state index in [1.807, 2.05) is 11.2 Å². The average Bonchev–Trinajstić information content (AvgIpc) is 3.67. The summed E-state index contributed by atoms with van der Waals surface area (Å²) in [5, 5.41) is 12.5. The van der Waals surface area contributed by atoms with Gasteiger partial charge < -0.3 is 24.2 Å². The third kappa shape index (κ3) is 6.10. The van der Waals surface area contributed by atoms with Crippen molar-refractivity contribution in [2.75, 3.05) is 38.7 Å². The quantitative estimate of drug-likeness (QED) is 0.0571. The Morgan fingerprint density at radius 3 is 2.32 bits per heavy atom. The second-order valence-corrected chi connectivity index (χ2v) is 20.7. The van der Waals surface area contributed by atoms with Crippen LogP contribution in [0.5, 0.6) is 11.6 Å². The van der Waals surface area contributed by atoms with Crippen molar-refractivity contribution < 1.29 is 28.1 Å². The van der Waals surface area contributed by atoms with Crippen LogP contribution in [0.15, 0.2) is 29.4 Å². The van der Waals surface area contributed by atoms with Crippen LogP contribution in [0.3, 0.4) is 0 Å². The molecule has 2 bridgehead atoms. The molecule has 1 aliphatic heterocycles. The monoisotopic (exact) mass is 720 g/mol. The molecule has 0 radical (unpaired) electrons. The van der Waals surface area contributed by atoms with E-state index in [-0.39, 0.29) is 35.5 Å². The molecule has 2 aromatic heterocycles. The van der Waals surface area contributed by atoms with Gasteiger partial charge in [-0.3, -0.25) is 0 Å². The van der Waals surface area contributed by atoms with Crippen molar-refractivity contribution in [1.29, 1.82) is 0 Å². The van der Waals surface area contributed by atoms with Crippen LogP contribution in [0.25, 0.3) is 32.9 Å². The van der Waals surface area contributed by atoms with E-state index in [9.17, 15) is 5.11 Å². The van der Waals surface area contributed by atoms with E-state index >= 15 is 8.78 Å². The standard InChI is InChI=1S/C38H46F2N4O4SSi/c1-20(2)50(21(3)4,22(5)6)13-12-26-28(39)11-10-24-16-25(48-19-46-7)17-27(31(24)26)34-33(40)35-32(37(41-34)47-8)36(43-38(42-35)49-9)44-18-23-14-29(44)30(45)15-23/h10-11,16-17,20-23,29-30,45H,14-15,18-19H2,1-9H3. The first-order valence-corrected chi connectivity index (χ1v) is 20.7. The molecule has 2 fully saturated rings. The zero-order valence-corrected chi connectivity index (χ0v) is 32.0. The largest absolute Gasteiger partial charge is 0.480 e. The van der Waals surface area contributed by atoms with Gasteiger partial charge in [0.25, 0.3) is 0 Å². The molecule has 1 N–H and O–H groups in total. The van der Waals surface area contributed by atoms with Crippen molar-refractivity contribution in [3.8, 4) is 34.4 Å². The zero-order valence-electron chi connectivity index (χ0n) is 30.2. The van der Waals surface area contributed by atoms with Crippen LogP contribution in [0, 0.1) is 29.0 Å². The van der Waals surface area contributed by atoms with Crippen molar-refractivity contribution in [1.82, 2.24) is 15.0 Å². The molecule has 12 heteroatoms. The summed E-state index contributed by atoms with van der Waals surface area (Å²) in [4.78, 5) is 16.3. The second kappa shape index (κ2) is 14.3. The molecule has 3 unspecified atom stereocenters. The first-order chi connectivity index (χ1) is 23.9. The van der Waals surface area contributed by atoms with Gasteiger partial charge in [-0.2, -0.15) is 0 Å². The highest BCUT2D eigenvalue weighted by Gasteiger charge is 2.46. The zero-order chi connectivity index (χ0) is 36.1. The van der Waals surface area contributed by atoms with Gasteiger partial charge in [0.2, 0.25) is 5.88 Å². The summed E-state index contributed by atoms with van der Waals surface area (Å²) in [7, 11) is 0.719. The van der Waals surface area contributed by atoms with Gasteiger partial charge in [-0.15, -0.1) is 5.54 Å². The minimum absolute atomic E-state index is 0.0321. The molecule has 2 aliphatic rings. The lowest BCUT2D eigenvalue weighted by Crippen LogP contribution is -2.43. The Balaban J connectivity index is 1.67. The molecule has 0 spiro atoms. The number of fused-ring (bicyclic) bond motifs is 4. The number of hydrogen-bond donors (Lipinski definition) is 1. The molecule has 8 nitrogen and oxygen atoms in total. The summed E-state index contributed by atoms with van der Waals surface area (Å²) < 4.78 is 50.3. The number of halogens is 2. The molecule has 6 rings (SSSR count). The van der Waals surface area contributed by atoms with Gasteiger partial charge in [-0.05, 0) is 65.2 Å². The first kappa shape index (κ1) is 36.3. The Morgan fingerprint density at radius 1 is 1.00 bits per heavy atom. The fourth-order valence-electron chi connectivity index (χ4n) is 8.50. The molecule has 4 aromatic rings. The van der Waals surface area contributed by atoms with E-state index in [1.165, 1.54) is 32.0 Å². The predicted molar refractivity (Wildman–Crippen MR) is 199 cm³/mol. The van der Waals surface area contributed by atoms with Gasteiger partial charge >= 0.3 is 0 Å². The minimum Gasteiger partial charge on any atom is -0.480 e. The van der Waals surface area contributed by atoms with Crippen LogP contribution < -0.4 is 14.4 Å². The number of anilines is 1. The van der Waals surface area contributed by atoms with E-state index in [0.29, 0.717) is 67.5 Å². The number of thioether (sulfide) groups is 1. The van der Waals surface area contributed by atoms with Gasteiger partial charge in [-0.25, -0.2) is 23.7 Å². The fraction of sp³-hybridized carbons (Fsp3) is 0.500. The van der Waals surface area contributed by atoms with E-state index in [4.69, 9.17) is 24.2 Å². The molecule has 1 aliphatic carbocycles. The van der Waals surface area contributed by atoms with E-state index in [1.54, 1.807) is 18.2 Å². The Bertz CT molecular complexity index is 1980. The number of rotatable bonds is 10. The summed E-state index contributed by atoms with van der Waals surface area (Å²) in [6, 6.07) is 6.32. The number of aromatic nitrogens is 3. The number of aliphatic hydroxyl groups is 1. The number of nitrogens with zero attached hydrogens (tertiary/aromatic N) is 4. The van der Waals surface area contributed by atoms with Crippen molar-refractivity contribution in [3.63, 3.8) is 0 Å². The van der Waals surface area contributed by atoms with Crippen LogP contribution in [0.2, 0.25) is 16.6 Å². The smallest absolute Gasteiger partial charge is 0.227 e. The summed E-state index contributed by atoms with van der Waals surface area (Å²) in [6.45, 7) is 13.9. The third-order valence-corrected chi connectivity index (χ3v) is 17.6. The van der Waals surface area contributed by atoms with E-state index in [2.05, 4.69) is 58.0 Å². The predicted octanol–water partition coefficient (Wildman–Crippen LogP) is 8.37. The SMILES string of the molecule is COCOc1cc(-c2nc(OC)c3c(N4CC5CC(O)C4C5)nc(SC)nc3c2F)c2c(C#C[Si](C(C)C)(C(C)C)C(C)C)c(F)ccc2c1. The number of methoxy groups -OCH3 is 2. The number of hydrogen-bond acceptors (Lipinski definition) is 9. The van der Waals surface area contributed by atoms with Crippen LogP contribution in [0.4, 0.5) is 14.6 Å². The van der Waals surface area contributed by atoms with Gasteiger partial charge in [-0.1, -0.05) is 65.3 Å². The highest BCUT2D eigenvalue weighted by Crippen LogP contribution is 2.46. The van der Waals surface area contributed by atoms with Gasteiger partial charge in [0.05, 0.1) is 24.8 Å². The van der Waals surface area contributed by atoms with Crippen molar-refractivity contribution >= 4 is 47.3 Å². The maximum absolute atomic E-state index is 17.3. The summed E-state index contributed by atoms with van der Waals surface area (Å²) in [5.74, 6) is 3.44. The molecule has 3 atom stereocenters. The van der Waals surface area contributed by atoms with Gasteiger partial charge in [0, 0.05) is 24.6 Å². The highest BCUT2D eigenvalue weighted by molar-refractivity contribution is 7.98. The maximum Gasteiger partial charge on any atom is 0.227 e. The molecule has 50 heavy (non-hydrogen) atoms. The summed E-state index contributed by atoms with van der Waals surface area (Å²) in [6.07, 6.45) is 2.90. The van der Waals surface area contributed by atoms with E-state index in [0.717, 1.165) is 12.8 Å². The number of pyridine rings is 1. The van der Waals surface area contributed by atoms with Crippen molar-refractivity contribution in [3.05, 3.63) is 41.5 Å². The van der Waals surface area contributed by atoms with E-state index < -0.39 is 25.8 Å². The first-order valence-electron chi connectivity index (χ1n) is 17.2. The molecule has 266 valence electrons.